The van der Waals surface area contributed by atoms with E-state index in [9.17, 15) is 31.7 Å². The lowest BCUT2D eigenvalue weighted by Crippen LogP contribution is -2.48. The fraction of sp³-hybridized carbons (Fsp3) is 0.333. The predicted molar refractivity (Wildman–Crippen MR) is 98.6 cm³/mol. The minimum Gasteiger partial charge on any atom is -0.296 e. The number of benzene rings is 2. The van der Waals surface area contributed by atoms with E-state index in [0.29, 0.717) is 24.7 Å². The second-order valence-corrected chi connectivity index (χ2v) is 8.53. The van der Waals surface area contributed by atoms with Gasteiger partial charge in [0.05, 0.1) is 15.4 Å². The van der Waals surface area contributed by atoms with Crippen molar-refractivity contribution in [1.82, 2.24) is 9.21 Å². The normalized spacial score (nSPS) is 16.7. The van der Waals surface area contributed by atoms with Gasteiger partial charge in [0, 0.05) is 44.4 Å². The standard InChI is InChI=1S/C18H18F3N3O4S/c19-18(20,21)15-5-3-6-16(12-15)29(27,28)23-10-8-22(9-11-23)13-14-4-1-2-7-17(14)24(25)26/h1-7,12H,8-11,13H2. The van der Waals surface area contributed by atoms with Crippen molar-refractivity contribution in [2.45, 2.75) is 17.6 Å². The van der Waals surface area contributed by atoms with Gasteiger partial charge in [-0.25, -0.2) is 8.42 Å². The molecule has 1 fully saturated rings. The molecule has 1 aliphatic rings. The maximum atomic E-state index is 12.9. The molecule has 0 amide bonds. The average molecular weight is 429 g/mol. The number of piperazine rings is 1. The third-order valence-corrected chi connectivity index (χ3v) is 6.61. The monoisotopic (exact) mass is 429 g/mol. The fourth-order valence-corrected chi connectivity index (χ4v) is 4.64. The highest BCUT2D eigenvalue weighted by Crippen LogP contribution is 2.31. The molecule has 0 N–H and O–H groups in total. The maximum Gasteiger partial charge on any atom is 0.416 e. The number of nitro groups is 1. The highest BCUT2D eigenvalue weighted by atomic mass is 32.2. The van der Waals surface area contributed by atoms with Crippen molar-refractivity contribution in [3.63, 3.8) is 0 Å². The van der Waals surface area contributed by atoms with Crippen LogP contribution in [0.2, 0.25) is 0 Å². The Morgan fingerprint density at radius 1 is 1.00 bits per heavy atom. The van der Waals surface area contributed by atoms with Gasteiger partial charge in [-0.1, -0.05) is 24.3 Å². The number of hydrogen-bond donors (Lipinski definition) is 0. The van der Waals surface area contributed by atoms with Crippen molar-refractivity contribution in [3.05, 3.63) is 69.8 Å². The van der Waals surface area contributed by atoms with E-state index in [1.54, 1.807) is 18.2 Å². The summed E-state index contributed by atoms with van der Waals surface area (Å²) >= 11 is 0. The molecule has 11 heteroatoms. The molecule has 0 aliphatic carbocycles. The first-order valence-electron chi connectivity index (χ1n) is 8.71. The maximum absolute atomic E-state index is 12.9. The highest BCUT2D eigenvalue weighted by molar-refractivity contribution is 7.89. The van der Waals surface area contributed by atoms with E-state index in [0.717, 1.165) is 22.5 Å². The first-order valence-corrected chi connectivity index (χ1v) is 10.1. The smallest absolute Gasteiger partial charge is 0.296 e. The largest absolute Gasteiger partial charge is 0.416 e. The van der Waals surface area contributed by atoms with Crippen LogP contribution in [0.15, 0.2) is 53.4 Å². The molecule has 2 aromatic carbocycles. The number of halogens is 3. The molecule has 0 aromatic heterocycles. The third kappa shape index (κ3) is 4.74. The zero-order valence-electron chi connectivity index (χ0n) is 15.2. The number of hydrogen-bond acceptors (Lipinski definition) is 5. The van der Waals surface area contributed by atoms with Gasteiger partial charge in [-0.3, -0.25) is 15.0 Å². The molecule has 156 valence electrons. The van der Waals surface area contributed by atoms with Crippen LogP contribution in [0.25, 0.3) is 0 Å². The summed E-state index contributed by atoms with van der Waals surface area (Å²) in [7, 11) is -4.06. The molecule has 0 bridgehead atoms. The van der Waals surface area contributed by atoms with Gasteiger partial charge in [0.15, 0.2) is 0 Å². The van der Waals surface area contributed by atoms with Crippen LogP contribution in [0.4, 0.5) is 18.9 Å². The van der Waals surface area contributed by atoms with Crippen LogP contribution >= 0.6 is 0 Å². The Kier molecular flexibility index (Phi) is 5.92. The molecule has 7 nitrogen and oxygen atoms in total. The quantitative estimate of drug-likeness (QED) is 0.539. The fourth-order valence-electron chi connectivity index (χ4n) is 3.17. The molecular weight excluding hydrogens is 411 g/mol. The van der Waals surface area contributed by atoms with E-state index in [1.807, 2.05) is 4.90 Å². The summed E-state index contributed by atoms with van der Waals surface area (Å²) in [6.07, 6.45) is -4.63. The second-order valence-electron chi connectivity index (χ2n) is 6.59. The van der Waals surface area contributed by atoms with Crippen LogP contribution in [-0.4, -0.2) is 48.7 Å². The molecule has 0 radical (unpaired) electrons. The summed E-state index contributed by atoms with van der Waals surface area (Å²) in [5.41, 5.74) is -0.508. The average Bonchev–Trinajstić information content (AvgIpc) is 2.68. The summed E-state index contributed by atoms with van der Waals surface area (Å²) in [5, 5.41) is 11.1. The number of rotatable bonds is 5. The van der Waals surface area contributed by atoms with Crippen LogP contribution in [0.5, 0.6) is 0 Å². The molecule has 3 rings (SSSR count). The minimum absolute atomic E-state index is 0.00785. The summed E-state index contributed by atoms with van der Waals surface area (Å²) < 4.78 is 65.2. The number of para-hydroxylation sites is 1. The van der Waals surface area contributed by atoms with Gasteiger partial charge in [-0.15, -0.1) is 0 Å². The van der Waals surface area contributed by atoms with Crippen molar-refractivity contribution in [3.8, 4) is 0 Å². The van der Waals surface area contributed by atoms with E-state index in [1.165, 1.54) is 6.07 Å². The highest BCUT2D eigenvalue weighted by Gasteiger charge is 2.34. The predicted octanol–water partition coefficient (Wildman–Crippen LogP) is 3.12. The Morgan fingerprint density at radius 3 is 2.28 bits per heavy atom. The van der Waals surface area contributed by atoms with Gasteiger partial charge in [0.1, 0.15) is 0 Å². The molecule has 0 spiro atoms. The van der Waals surface area contributed by atoms with Gasteiger partial charge in [-0.05, 0) is 18.2 Å². The van der Waals surface area contributed by atoms with E-state index in [-0.39, 0.29) is 25.3 Å². The molecule has 0 atom stereocenters. The zero-order valence-corrected chi connectivity index (χ0v) is 16.0. The van der Waals surface area contributed by atoms with E-state index >= 15 is 0 Å². The lowest BCUT2D eigenvalue weighted by atomic mass is 10.1. The number of alkyl halides is 3. The summed E-state index contributed by atoms with van der Waals surface area (Å²) in [6.45, 7) is 1.07. The van der Waals surface area contributed by atoms with Crippen LogP contribution in [0, 0.1) is 10.1 Å². The van der Waals surface area contributed by atoms with Gasteiger partial charge >= 0.3 is 6.18 Å². The number of nitro benzene ring substituents is 1. The van der Waals surface area contributed by atoms with Crippen molar-refractivity contribution < 1.29 is 26.5 Å². The van der Waals surface area contributed by atoms with E-state index in [4.69, 9.17) is 0 Å². The number of nitrogens with zero attached hydrogens (tertiary/aromatic N) is 3. The number of sulfonamides is 1. The van der Waals surface area contributed by atoms with E-state index in [2.05, 4.69) is 0 Å². The van der Waals surface area contributed by atoms with Crippen LogP contribution < -0.4 is 0 Å². The van der Waals surface area contributed by atoms with Crippen molar-refractivity contribution in [1.29, 1.82) is 0 Å². The molecule has 1 heterocycles. The molecular formula is C18H18F3N3O4S. The first-order chi connectivity index (χ1) is 13.6. The SMILES string of the molecule is O=[N+]([O-])c1ccccc1CN1CCN(S(=O)(=O)c2cccc(C(F)(F)F)c2)CC1. The first kappa shape index (κ1) is 21.2. The topological polar surface area (TPSA) is 83.8 Å². The van der Waals surface area contributed by atoms with E-state index < -0.39 is 31.6 Å². The summed E-state index contributed by atoms with van der Waals surface area (Å²) in [5.74, 6) is 0. The van der Waals surface area contributed by atoms with Crippen LogP contribution in [-0.2, 0) is 22.7 Å². The lowest BCUT2D eigenvalue weighted by Gasteiger charge is -2.34. The molecule has 1 saturated heterocycles. The third-order valence-electron chi connectivity index (χ3n) is 4.71. The molecule has 1 aliphatic heterocycles. The Bertz CT molecular complexity index is 1000. The second kappa shape index (κ2) is 8.09. The Labute approximate surface area is 165 Å². The Balaban J connectivity index is 1.70. The molecule has 29 heavy (non-hydrogen) atoms. The summed E-state index contributed by atoms with van der Waals surface area (Å²) in [4.78, 5) is 12.1. The van der Waals surface area contributed by atoms with Gasteiger partial charge in [0.25, 0.3) is 5.69 Å². The van der Waals surface area contributed by atoms with Gasteiger partial charge in [0.2, 0.25) is 10.0 Å². The van der Waals surface area contributed by atoms with Crippen LogP contribution in [0.1, 0.15) is 11.1 Å². The Hall–Kier alpha value is -2.50. The van der Waals surface area contributed by atoms with Crippen molar-refractivity contribution >= 4 is 15.7 Å². The van der Waals surface area contributed by atoms with Gasteiger partial charge in [-0.2, -0.15) is 17.5 Å². The Morgan fingerprint density at radius 2 is 1.66 bits per heavy atom. The summed E-state index contributed by atoms with van der Waals surface area (Å²) in [6, 6.07) is 9.98. The van der Waals surface area contributed by atoms with Crippen molar-refractivity contribution in [2.24, 2.45) is 0 Å². The van der Waals surface area contributed by atoms with Gasteiger partial charge < -0.3 is 0 Å². The van der Waals surface area contributed by atoms with Crippen molar-refractivity contribution in [2.75, 3.05) is 26.2 Å². The minimum atomic E-state index is -4.63. The zero-order chi connectivity index (χ0) is 21.2. The van der Waals surface area contributed by atoms with Crippen LogP contribution in [0.3, 0.4) is 0 Å². The molecule has 2 aromatic rings. The molecule has 0 unspecified atom stereocenters. The molecule has 0 saturated carbocycles. The lowest BCUT2D eigenvalue weighted by molar-refractivity contribution is -0.385.